The smallest absolute Gasteiger partial charge is 0.290 e. The average Bonchev–Trinajstić information content (AvgIpc) is 3.67. The summed E-state index contributed by atoms with van der Waals surface area (Å²) in [5.41, 5.74) is 1.29. The second kappa shape index (κ2) is 8.24. The number of ketones is 1. The Kier molecular flexibility index (Phi) is 5.03. The van der Waals surface area contributed by atoms with Crippen molar-refractivity contribution in [1.82, 2.24) is 4.90 Å². The molecular formula is C25H19NO8S. The lowest BCUT2D eigenvalue weighted by molar-refractivity contribution is -0.130. The molecule has 6 rings (SSSR count). The predicted octanol–water partition coefficient (Wildman–Crippen LogP) is 3.99. The van der Waals surface area contributed by atoms with Crippen molar-refractivity contribution >= 4 is 23.0 Å². The monoisotopic (exact) mass is 493 g/mol. The van der Waals surface area contributed by atoms with E-state index in [0.29, 0.717) is 39.2 Å². The van der Waals surface area contributed by atoms with E-state index in [1.807, 2.05) is 6.07 Å². The van der Waals surface area contributed by atoms with Gasteiger partial charge in [0.1, 0.15) is 0 Å². The number of carbonyl (C=O) groups excluding carboxylic acids is 2. The molecule has 0 bridgehead atoms. The van der Waals surface area contributed by atoms with Gasteiger partial charge in [-0.2, -0.15) is 0 Å². The molecule has 0 radical (unpaired) electrons. The third kappa shape index (κ3) is 3.45. The van der Waals surface area contributed by atoms with Gasteiger partial charge in [0.2, 0.25) is 25.1 Å². The van der Waals surface area contributed by atoms with Crippen molar-refractivity contribution in [3.63, 3.8) is 0 Å². The lowest BCUT2D eigenvalue weighted by atomic mass is 9.94. The second-order valence-corrected chi connectivity index (χ2v) is 9.00. The van der Waals surface area contributed by atoms with Gasteiger partial charge < -0.3 is 33.7 Å². The van der Waals surface area contributed by atoms with E-state index in [2.05, 4.69) is 0 Å². The van der Waals surface area contributed by atoms with E-state index in [9.17, 15) is 14.7 Å². The molecule has 1 amide bonds. The molecule has 1 N–H and O–H groups in total. The van der Waals surface area contributed by atoms with Crippen LogP contribution in [-0.2, 0) is 11.3 Å². The number of benzene rings is 2. The number of hydrogen-bond donors (Lipinski definition) is 1. The topological polar surface area (TPSA) is 104 Å². The first-order valence-corrected chi connectivity index (χ1v) is 11.6. The van der Waals surface area contributed by atoms with Crippen LogP contribution in [0.5, 0.6) is 28.7 Å². The maximum atomic E-state index is 13.5. The number of fused-ring (bicyclic) bond motifs is 2. The minimum Gasteiger partial charge on any atom is -0.503 e. The van der Waals surface area contributed by atoms with Crippen molar-refractivity contribution in [2.24, 2.45) is 0 Å². The molecule has 4 heterocycles. The van der Waals surface area contributed by atoms with Crippen LogP contribution in [0.3, 0.4) is 0 Å². The van der Waals surface area contributed by atoms with Gasteiger partial charge in [-0.25, -0.2) is 0 Å². The normalized spacial score (nSPS) is 17.9. The van der Waals surface area contributed by atoms with Gasteiger partial charge in [-0.05, 0) is 46.8 Å². The maximum absolute atomic E-state index is 13.5. The van der Waals surface area contributed by atoms with Crippen molar-refractivity contribution in [2.75, 3.05) is 20.7 Å². The van der Waals surface area contributed by atoms with Gasteiger partial charge in [-0.15, -0.1) is 11.3 Å². The molecule has 9 nitrogen and oxygen atoms in total. The summed E-state index contributed by atoms with van der Waals surface area (Å²) in [5.74, 6) is 0.831. The van der Waals surface area contributed by atoms with E-state index < -0.39 is 23.5 Å². The quantitative estimate of drug-likeness (QED) is 0.514. The molecule has 0 unspecified atom stereocenters. The summed E-state index contributed by atoms with van der Waals surface area (Å²) in [5, 5.41) is 12.7. The van der Waals surface area contributed by atoms with E-state index in [1.54, 1.807) is 41.8 Å². The number of rotatable bonds is 6. The third-order valence-electron chi connectivity index (χ3n) is 6.08. The lowest BCUT2D eigenvalue weighted by Crippen LogP contribution is -2.30. The Balaban J connectivity index is 1.46. The van der Waals surface area contributed by atoms with Gasteiger partial charge in [0.05, 0.1) is 23.6 Å². The average molecular weight is 493 g/mol. The highest BCUT2D eigenvalue weighted by Crippen LogP contribution is 2.48. The Morgan fingerprint density at radius 1 is 1.09 bits per heavy atom. The highest BCUT2D eigenvalue weighted by Gasteiger charge is 2.45. The minimum absolute atomic E-state index is 0.000822. The highest BCUT2D eigenvalue weighted by atomic mass is 32.1. The fraction of sp³-hybridized carbons (Fsp3) is 0.200. The number of ether oxygens (including phenoxy) is 5. The molecule has 0 aliphatic carbocycles. The Hall–Kier alpha value is -4.18. The fourth-order valence-corrected chi connectivity index (χ4v) is 5.16. The summed E-state index contributed by atoms with van der Waals surface area (Å²) in [6, 6.07) is 11.3. The van der Waals surface area contributed by atoms with E-state index in [0.717, 1.165) is 5.56 Å². The van der Waals surface area contributed by atoms with Gasteiger partial charge in [0, 0.05) is 6.54 Å². The highest BCUT2D eigenvalue weighted by molar-refractivity contribution is 7.12. The van der Waals surface area contributed by atoms with Gasteiger partial charge in [-0.3, -0.25) is 9.59 Å². The number of nitrogens with zero attached hydrogens (tertiary/aromatic N) is 1. The number of carbonyl (C=O) groups is 2. The molecule has 0 spiro atoms. The maximum Gasteiger partial charge on any atom is 0.290 e. The van der Waals surface area contributed by atoms with Crippen LogP contribution < -0.4 is 23.7 Å². The van der Waals surface area contributed by atoms with Crippen LogP contribution in [0, 0.1) is 0 Å². The number of aliphatic hydroxyl groups excluding tert-OH is 1. The Morgan fingerprint density at radius 3 is 2.69 bits per heavy atom. The molecule has 3 aliphatic heterocycles. The van der Waals surface area contributed by atoms with E-state index in [1.165, 1.54) is 23.3 Å². The Bertz CT molecular complexity index is 1380. The molecule has 3 aromatic rings. The van der Waals surface area contributed by atoms with E-state index in [4.69, 9.17) is 23.7 Å². The van der Waals surface area contributed by atoms with Crippen LogP contribution in [0.1, 0.15) is 26.8 Å². The van der Waals surface area contributed by atoms with Crippen molar-refractivity contribution < 1.29 is 38.4 Å². The van der Waals surface area contributed by atoms with Crippen molar-refractivity contribution in [1.29, 1.82) is 0 Å². The number of amides is 1. The zero-order valence-electron chi connectivity index (χ0n) is 18.5. The summed E-state index contributed by atoms with van der Waals surface area (Å²) in [7, 11) is 1.50. The largest absolute Gasteiger partial charge is 0.503 e. The summed E-state index contributed by atoms with van der Waals surface area (Å²) in [4.78, 5) is 28.7. The minimum atomic E-state index is -0.883. The van der Waals surface area contributed by atoms with Crippen LogP contribution in [0.2, 0.25) is 0 Å². The predicted molar refractivity (Wildman–Crippen MR) is 123 cm³/mol. The van der Waals surface area contributed by atoms with Crippen LogP contribution in [0.25, 0.3) is 0 Å². The molecule has 178 valence electrons. The molecule has 35 heavy (non-hydrogen) atoms. The van der Waals surface area contributed by atoms with Crippen molar-refractivity contribution in [3.05, 3.63) is 75.2 Å². The zero-order chi connectivity index (χ0) is 24.1. The van der Waals surface area contributed by atoms with Crippen LogP contribution in [0.15, 0.2) is 59.2 Å². The lowest BCUT2D eigenvalue weighted by Gasteiger charge is -2.27. The van der Waals surface area contributed by atoms with Gasteiger partial charge in [-0.1, -0.05) is 12.1 Å². The molecular weight excluding hydrogens is 474 g/mol. The Morgan fingerprint density at radius 2 is 1.89 bits per heavy atom. The summed E-state index contributed by atoms with van der Waals surface area (Å²) in [6.45, 7) is 0.271. The first kappa shape index (κ1) is 21.4. The van der Waals surface area contributed by atoms with E-state index >= 15 is 0 Å². The molecule has 3 aliphatic rings. The second-order valence-electron chi connectivity index (χ2n) is 8.05. The SMILES string of the molecule is COc1cc([C@H]2C(C(=O)c3cccs3)=C(O)C(=O)N2Cc2ccc3c(c2)OCO3)cc2c1OCO2. The number of thiophene rings is 1. The molecule has 0 saturated carbocycles. The van der Waals surface area contributed by atoms with Crippen LogP contribution in [-0.4, -0.2) is 42.4 Å². The fourth-order valence-electron chi connectivity index (χ4n) is 4.48. The van der Waals surface area contributed by atoms with Gasteiger partial charge >= 0.3 is 0 Å². The third-order valence-corrected chi connectivity index (χ3v) is 6.95. The summed E-state index contributed by atoms with van der Waals surface area (Å²) < 4.78 is 27.4. The number of aliphatic hydroxyl groups is 1. The Labute approximate surface area is 203 Å². The van der Waals surface area contributed by atoms with Gasteiger partial charge in [0.15, 0.2) is 28.8 Å². The number of hydrogen-bond acceptors (Lipinski definition) is 9. The zero-order valence-corrected chi connectivity index (χ0v) is 19.3. The molecule has 10 heteroatoms. The molecule has 2 aromatic carbocycles. The van der Waals surface area contributed by atoms with Crippen molar-refractivity contribution in [2.45, 2.75) is 12.6 Å². The van der Waals surface area contributed by atoms with Crippen molar-refractivity contribution in [3.8, 4) is 28.7 Å². The summed E-state index contributed by atoms with van der Waals surface area (Å²) in [6.07, 6.45) is 0. The van der Waals surface area contributed by atoms with Crippen LogP contribution in [0.4, 0.5) is 0 Å². The molecule has 0 fully saturated rings. The molecule has 1 aromatic heterocycles. The number of Topliss-reactive ketones (excluding diaryl/α,β-unsaturated/α-hetero) is 1. The first-order chi connectivity index (χ1) is 17.0. The molecule has 1 atom stereocenters. The molecule has 0 saturated heterocycles. The summed E-state index contributed by atoms with van der Waals surface area (Å²) >= 11 is 1.24. The first-order valence-electron chi connectivity index (χ1n) is 10.7. The van der Waals surface area contributed by atoms with Gasteiger partial charge in [0.25, 0.3) is 5.91 Å². The number of methoxy groups -OCH3 is 1. The van der Waals surface area contributed by atoms with Crippen LogP contribution >= 0.6 is 11.3 Å². The van der Waals surface area contributed by atoms with E-state index in [-0.39, 0.29) is 25.7 Å². The standard InChI is InChI=1S/C25H19NO8S/c1-30-17-8-14(9-18-24(17)34-12-33-18)21-20(22(27)19-3-2-6-35-19)23(28)25(29)26(21)10-13-4-5-15-16(7-13)32-11-31-15/h2-9,21,28H,10-12H2,1H3/t21-/m0/s1.